The van der Waals surface area contributed by atoms with Crippen molar-refractivity contribution < 1.29 is 18.4 Å². The largest absolute Gasteiger partial charge is 0.370 e. The first-order chi connectivity index (χ1) is 12.6. The highest BCUT2D eigenvalue weighted by Crippen LogP contribution is 2.32. The van der Waals surface area contributed by atoms with Gasteiger partial charge in [0.1, 0.15) is 5.82 Å². The molecule has 3 N–H and O–H groups in total. The lowest BCUT2D eigenvalue weighted by Crippen LogP contribution is -2.32. The molecule has 0 aliphatic carbocycles. The molecule has 0 aromatic carbocycles. The lowest BCUT2D eigenvalue weighted by molar-refractivity contribution is -0.118. The van der Waals surface area contributed by atoms with E-state index < -0.39 is 17.7 Å². The Hall–Kier alpha value is -2.03. The fraction of sp³-hybridized carbons (Fsp3) is 0.500. The molecule has 1 saturated heterocycles. The molecule has 6 nitrogen and oxygen atoms in total. The molecule has 0 bridgehead atoms. The molecule has 1 aliphatic heterocycles. The number of primary amides is 1. The molecule has 1 aromatic rings. The molecule has 0 saturated carbocycles. The Morgan fingerprint density at radius 3 is 2.74 bits per heavy atom. The zero-order valence-corrected chi connectivity index (χ0v) is 16.7. The van der Waals surface area contributed by atoms with Crippen molar-refractivity contribution in [2.45, 2.75) is 45.0 Å². The van der Waals surface area contributed by atoms with Gasteiger partial charge in [0, 0.05) is 48.7 Å². The van der Waals surface area contributed by atoms with Gasteiger partial charge in [0.2, 0.25) is 11.8 Å². The maximum absolute atomic E-state index is 13.7. The molecule has 0 spiro atoms. The van der Waals surface area contributed by atoms with Crippen molar-refractivity contribution in [2.75, 3.05) is 18.0 Å². The normalized spacial score (nSPS) is 16.5. The molecule has 9 heteroatoms. The van der Waals surface area contributed by atoms with Crippen molar-refractivity contribution in [1.82, 2.24) is 10.3 Å². The van der Waals surface area contributed by atoms with Crippen LogP contribution < -0.4 is 16.0 Å². The second kappa shape index (κ2) is 8.77. The second-order valence-corrected chi connectivity index (χ2v) is 7.50. The fourth-order valence-corrected chi connectivity index (χ4v) is 3.21. The summed E-state index contributed by atoms with van der Waals surface area (Å²) in [7, 11) is 0. The number of hydrogen-bond acceptors (Lipinski definition) is 4. The second-order valence-electron chi connectivity index (χ2n) is 6.65. The zero-order valence-electron chi connectivity index (χ0n) is 15.2. The lowest BCUT2D eigenvalue weighted by atomic mass is 10.1. The van der Waals surface area contributed by atoms with Gasteiger partial charge in [-0.05, 0) is 41.3 Å². The van der Waals surface area contributed by atoms with Crippen LogP contribution in [0.1, 0.15) is 48.0 Å². The Morgan fingerprint density at radius 2 is 2.07 bits per heavy atom. The summed E-state index contributed by atoms with van der Waals surface area (Å²) in [5.74, 6) is -3.27. The summed E-state index contributed by atoms with van der Waals surface area (Å²) in [4.78, 5) is 29.8. The molecule has 27 heavy (non-hydrogen) atoms. The predicted octanol–water partition coefficient (Wildman–Crippen LogP) is 3.29. The number of pyridine rings is 1. The average Bonchev–Trinajstić information content (AvgIpc) is 2.75. The molecule has 2 rings (SSSR count). The van der Waals surface area contributed by atoms with Gasteiger partial charge in [-0.3, -0.25) is 9.59 Å². The van der Waals surface area contributed by atoms with E-state index in [1.54, 1.807) is 18.0 Å². The molecule has 1 aromatic heterocycles. The molecule has 1 fully saturated rings. The number of nitrogens with one attached hydrogen (secondary N) is 1. The van der Waals surface area contributed by atoms with Gasteiger partial charge in [0.05, 0.1) is 5.56 Å². The van der Waals surface area contributed by atoms with Gasteiger partial charge in [-0.1, -0.05) is 6.58 Å². The highest BCUT2D eigenvalue weighted by Gasteiger charge is 2.33. The van der Waals surface area contributed by atoms with Crippen LogP contribution in [0.25, 0.3) is 0 Å². The van der Waals surface area contributed by atoms with Crippen molar-refractivity contribution in [2.24, 2.45) is 5.73 Å². The number of amides is 2. The Labute approximate surface area is 165 Å². The van der Waals surface area contributed by atoms with Crippen LogP contribution in [0, 0.1) is 6.92 Å². The van der Waals surface area contributed by atoms with Crippen molar-refractivity contribution in [3.8, 4) is 0 Å². The van der Waals surface area contributed by atoms with E-state index in [9.17, 15) is 18.4 Å². The van der Waals surface area contributed by atoms with Crippen LogP contribution in [-0.2, 0) is 4.79 Å². The first-order valence-corrected chi connectivity index (χ1v) is 9.45. The van der Waals surface area contributed by atoms with E-state index in [0.717, 1.165) is 0 Å². The number of aromatic nitrogens is 1. The quantitative estimate of drug-likeness (QED) is 0.704. The molecule has 148 valence electrons. The molecular weight excluding hydrogens is 422 g/mol. The molecule has 1 aliphatic rings. The number of nitrogens with two attached hydrogens (primary N) is 1. The summed E-state index contributed by atoms with van der Waals surface area (Å²) in [5, 5.41) is 2.65. The van der Waals surface area contributed by atoms with E-state index in [4.69, 9.17) is 5.73 Å². The van der Waals surface area contributed by atoms with Crippen LogP contribution >= 0.6 is 15.9 Å². The van der Waals surface area contributed by atoms with Gasteiger partial charge < -0.3 is 16.0 Å². The van der Waals surface area contributed by atoms with Crippen LogP contribution in [0.4, 0.5) is 14.6 Å². The lowest BCUT2D eigenvalue weighted by Gasteiger charge is -2.25. The third-order valence-electron chi connectivity index (χ3n) is 4.47. The van der Waals surface area contributed by atoms with Gasteiger partial charge >= 0.3 is 0 Å². The Bertz CT molecular complexity index is 755. The first kappa shape index (κ1) is 21.3. The minimum absolute atomic E-state index is 0.0723. The first-order valence-electron chi connectivity index (χ1n) is 8.66. The van der Waals surface area contributed by atoms with E-state index in [1.165, 1.54) is 0 Å². The van der Waals surface area contributed by atoms with E-state index >= 15 is 0 Å². The molecule has 0 atom stereocenters. The summed E-state index contributed by atoms with van der Waals surface area (Å²) in [6.45, 7) is 6.00. The topological polar surface area (TPSA) is 88.3 Å². The minimum Gasteiger partial charge on any atom is -0.370 e. The molecule has 0 unspecified atom stereocenters. The van der Waals surface area contributed by atoms with Crippen LogP contribution in [-0.4, -0.2) is 35.8 Å². The van der Waals surface area contributed by atoms with Crippen molar-refractivity contribution >= 4 is 33.6 Å². The summed E-state index contributed by atoms with van der Waals surface area (Å²) in [5.41, 5.74) is 6.41. The van der Waals surface area contributed by atoms with Gasteiger partial charge in [-0.2, -0.15) is 0 Å². The Balaban J connectivity index is 2.27. The molecule has 0 radical (unpaired) electrons. The number of hydrogen-bond donors (Lipinski definition) is 2. The number of carbonyl (C=O) groups excluding carboxylic acids is 2. The van der Waals surface area contributed by atoms with Gasteiger partial charge in [-0.15, -0.1) is 0 Å². The Kier molecular flexibility index (Phi) is 6.91. The summed E-state index contributed by atoms with van der Waals surface area (Å²) < 4.78 is 28.0. The van der Waals surface area contributed by atoms with E-state index in [2.05, 4.69) is 32.8 Å². The van der Waals surface area contributed by atoms with Crippen molar-refractivity contribution in [3.63, 3.8) is 0 Å². The number of alkyl halides is 2. The summed E-state index contributed by atoms with van der Waals surface area (Å²) in [6.07, 6.45) is 1.72. The van der Waals surface area contributed by atoms with Crippen LogP contribution in [0.5, 0.6) is 0 Å². The Morgan fingerprint density at radius 1 is 1.37 bits per heavy atom. The van der Waals surface area contributed by atoms with Crippen molar-refractivity contribution in [1.29, 1.82) is 0 Å². The highest BCUT2D eigenvalue weighted by molar-refractivity contribution is 9.10. The number of allylic oxidation sites excluding steroid dienone is 1. The minimum atomic E-state index is -2.70. The monoisotopic (exact) mass is 444 g/mol. The van der Waals surface area contributed by atoms with E-state index in [1.807, 2.05) is 0 Å². The van der Waals surface area contributed by atoms with E-state index in [-0.39, 0.29) is 32.2 Å². The SMILES string of the molecule is C=C(CCC(N)=O)NC(=O)c1c(N2CCCC(F)(F)CC2)ncc(Br)c1C. The maximum Gasteiger partial charge on any atom is 0.259 e. The number of anilines is 1. The molecule has 2 heterocycles. The van der Waals surface area contributed by atoms with E-state index in [0.29, 0.717) is 40.1 Å². The van der Waals surface area contributed by atoms with Crippen molar-refractivity contribution in [3.05, 3.63) is 34.1 Å². The number of halogens is 3. The summed E-state index contributed by atoms with van der Waals surface area (Å²) >= 11 is 3.36. The van der Waals surface area contributed by atoms with Crippen LogP contribution in [0.15, 0.2) is 22.9 Å². The molecule has 2 amide bonds. The zero-order chi connectivity index (χ0) is 20.2. The van der Waals surface area contributed by atoms with Gasteiger partial charge in [0.15, 0.2) is 0 Å². The molecular formula is C18H23BrF2N4O2. The maximum atomic E-state index is 13.7. The van der Waals surface area contributed by atoms with Crippen LogP contribution in [0.2, 0.25) is 0 Å². The number of carbonyl (C=O) groups is 2. The van der Waals surface area contributed by atoms with Crippen LogP contribution in [0.3, 0.4) is 0 Å². The van der Waals surface area contributed by atoms with Gasteiger partial charge in [0.25, 0.3) is 5.91 Å². The fourth-order valence-electron chi connectivity index (χ4n) is 2.91. The standard InChI is InChI=1S/C18H23BrF2N4O2/c1-11(4-5-14(22)26)24-17(27)15-12(2)13(19)10-23-16(15)25-8-3-6-18(20,21)7-9-25/h10H,1,3-9H2,2H3,(H2,22,26)(H,24,27). The third kappa shape index (κ3) is 5.72. The smallest absolute Gasteiger partial charge is 0.259 e. The predicted molar refractivity (Wildman–Crippen MR) is 103 cm³/mol. The number of rotatable bonds is 6. The number of nitrogens with zero attached hydrogens (tertiary/aromatic N) is 2. The highest BCUT2D eigenvalue weighted by atomic mass is 79.9. The third-order valence-corrected chi connectivity index (χ3v) is 5.26. The summed E-state index contributed by atoms with van der Waals surface area (Å²) in [6, 6.07) is 0. The van der Waals surface area contributed by atoms with Gasteiger partial charge in [-0.25, -0.2) is 13.8 Å². The average molecular weight is 445 g/mol.